The molecular formula is C20H21N5O3. The Morgan fingerprint density at radius 2 is 1.96 bits per heavy atom. The molecule has 8 nitrogen and oxygen atoms in total. The van der Waals surface area contributed by atoms with Gasteiger partial charge in [0.15, 0.2) is 0 Å². The highest BCUT2D eigenvalue weighted by Gasteiger charge is 2.20. The van der Waals surface area contributed by atoms with Gasteiger partial charge in [-0.3, -0.25) is 15.0 Å². The highest BCUT2D eigenvalue weighted by atomic mass is 16.6. The average Bonchev–Trinajstić information content (AvgIpc) is 3.14. The molecule has 0 unspecified atom stereocenters. The van der Waals surface area contributed by atoms with Crippen LogP contribution in [0.3, 0.4) is 0 Å². The molecule has 0 spiro atoms. The molecule has 0 N–H and O–H groups in total. The lowest BCUT2D eigenvalue weighted by Crippen LogP contribution is -2.31. The molecule has 4 rings (SSSR count). The van der Waals surface area contributed by atoms with E-state index in [0.717, 1.165) is 47.8 Å². The van der Waals surface area contributed by atoms with Gasteiger partial charge in [-0.25, -0.2) is 9.67 Å². The van der Waals surface area contributed by atoms with Gasteiger partial charge in [0, 0.05) is 25.2 Å². The number of ether oxygens (including phenoxy) is 1. The number of rotatable bonds is 6. The van der Waals surface area contributed by atoms with Crippen molar-refractivity contribution in [1.82, 2.24) is 19.7 Å². The zero-order valence-corrected chi connectivity index (χ0v) is 15.6. The topological polar surface area (TPSA) is 86.3 Å². The van der Waals surface area contributed by atoms with E-state index in [1.54, 1.807) is 25.6 Å². The molecular weight excluding hydrogens is 358 g/mol. The molecule has 2 aromatic carbocycles. The van der Waals surface area contributed by atoms with Crippen molar-refractivity contribution in [2.75, 3.05) is 13.7 Å². The van der Waals surface area contributed by atoms with Gasteiger partial charge in [-0.1, -0.05) is 18.2 Å². The summed E-state index contributed by atoms with van der Waals surface area (Å²) < 4.78 is 7.11. The lowest BCUT2D eigenvalue weighted by atomic mass is 9.99. The summed E-state index contributed by atoms with van der Waals surface area (Å²) in [5.41, 5.74) is 3.48. The first-order valence-corrected chi connectivity index (χ1v) is 9.10. The monoisotopic (exact) mass is 379 g/mol. The molecule has 0 saturated carbocycles. The van der Waals surface area contributed by atoms with E-state index in [1.807, 2.05) is 35.0 Å². The number of non-ortho nitro benzene ring substituents is 1. The third-order valence-electron chi connectivity index (χ3n) is 5.04. The standard InChI is InChI=1S/C20H21N5O3/c1-28-19-6-2-15(3-7-19)11-24-20(21-14-22-24)13-23-9-8-16-10-18(25(26)27)5-4-17(16)12-23/h2-7,10,14H,8-9,11-13H2,1H3. The SMILES string of the molecule is COc1ccc(Cn2ncnc2CN2CCc3cc([N+](=O)[O-])ccc3C2)cc1. The van der Waals surface area contributed by atoms with Crippen LogP contribution < -0.4 is 4.74 Å². The van der Waals surface area contributed by atoms with E-state index in [9.17, 15) is 10.1 Å². The van der Waals surface area contributed by atoms with Gasteiger partial charge in [-0.05, 0) is 35.2 Å². The van der Waals surface area contributed by atoms with Gasteiger partial charge in [0.25, 0.3) is 5.69 Å². The van der Waals surface area contributed by atoms with Gasteiger partial charge in [-0.15, -0.1) is 0 Å². The Bertz CT molecular complexity index is 984. The fraction of sp³-hybridized carbons (Fsp3) is 0.300. The van der Waals surface area contributed by atoms with Crippen molar-refractivity contribution in [3.05, 3.63) is 81.4 Å². The molecule has 1 aliphatic heterocycles. The van der Waals surface area contributed by atoms with Crippen LogP contribution in [0.5, 0.6) is 5.75 Å². The fourth-order valence-electron chi connectivity index (χ4n) is 3.49. The lowest BCUT2D eigenvalue weighted by Gasteiger charge is -2.28. The average molecular weight is 379 g/mol. The molecule has 0 fully saturated rings. The van der Waals surface area contributed by atoms with Gasteiger partial charge < -0.3 is 4.74 Å². The van der Waals surface area contributed by atoms with Crippen LogP contribution in [0, 0.1) is 10.1 Å². The summed E-state index contributed by atoms with van der Waals surface area (Å²) in [7, 11) is 1.65. The van der Waals surface area contributed by atoms with E-state index in [0.29, 0.717) is 13.1 Å². The molecule has 0 atom stereocenters. The predicted octanol–water partition coefficient (Wildman–Crippen LogP) is 2.80. The minimum absolute atomic E-state index is 0.159. The number of nitro groups is 1. The zero-order valence-electron chi connectivity index (χ0n) is 15.6. The number of benzene rings is 2. The lowest BCUT2D eigenvalue weighted by molar-refractivity contribution is -0.384. The molecule has 1 aromatic heterocycles. The van der Waals surface area contributed by atoms with E-state index in [4.69, 9.17) is 4.74 Å². The first-order valence-electron chi connectivity index (χ1n) is 9.10. The Morgan fingerprint density at radius 3 is 2.71 bits per heavy atom. The van der Waals surface area contributed by atoms with Crippen LogP contribution in [-0.4, -0.2) is 38.2 Å². The number of nitrogens with zero attached hydrogens (tertiary/aromatic N) is 5. The number of aromatic nitrogens is 3. The third kappa shape index (κ3) is 3.86. The molecule has 28 heavy (non-hydrogen) atoms. The third-order valence-corrected chi connectivity index (χ3v) is 5.04. The summed E-state index contributed by atoms with van der Waals surface area (Å²) in [6.45, 7) is 2.93. The molecule has 8 heteroatoms. The zero-order chi connectivity index (χ0) is 19.5. The van der Waals surface area contributed by atoms with Crippen molar-refractivity contribution in [1.29, 1.82) is 0 Å². The van der Waals surface area contributed by atoms with Crippen molar-refractivity contribution in [2.24, 2.45) is 0 Å². The molecule has 0 bridgehead atoms. The Hall–Kier alpha value is -3.26. The number of methoxy groups -OCH3 is 1. The van der Waals surface area contributed by atoms with Crippen LogP contribution >= 0.6 is 0 Å². The van der Waals surface area contributed by atoms with Gasteiger partial charge in [0.2, 0.25) is 0 Å². The summed E-state index contributed by atoms with van der Waals surface area (Å²) in [6, 6.07) is 13.1. The van der Waals surface area contributed by atoms with Gasteiger partial charge >= 0.3 is 0 Å². The molecule has 3 aromatic rings. The second-order valence-electron chi connectivity index (χ2n) is 6.85. The van der Waals surface area contributed by atoms with E-state index >= 15 is 0 Å². The molecule has 0 aliphatic carbocycles. The van der Waals surface area contributed by atoms with Crippen LogP contribution in [0.4, 0.5) is 5.69 Å². The Balaban J connectivity index is 1.44. The number of hydrogen-bond donors (Lipinski definition) is 0. The van der Waals surface area contributed by atoms with Gasteiger partial charge in [0.05, 0.1) is 25.1 Å². The second kappa shape index (κ2) is 7.77. The Kier molecular flexibility index (Phi) is 5.03. The minimum atomic E-state index is -0.339. The second-order valence-corrected chi connectivity index (χ2v) is 6.85. The van der Waals surface area contributed by atoms with Crippen molar-refractivity contribution in [3.63, 3.8) is 0 Å². The van der Waals surface area contributed by atoms with Gasteiger partial charge in [-0.2, -0.15) is 5.10 Å². The van der Waals surface area contributed by atoms with Crippen LogP contribution in [0.1, 0.15) is 22.5 Å². The van der Waals surface area contributed by atoms with Crippen molar-refractivity contribution < 1.29 is 9.66 Å². The van der Waals surface area contributed by atoms with Crippen LogP contribution in [0.25, 0.3) is 0 Å². The number of fused-ring (bicyclic) bond motifs is 1. The van der Waals surface area contributed by atoms with Crippen LogP contribution in [0.2, 0.25) is 0 Å². The molecule has 0 radical (unpaired) electrons. The normalized spacial score (nSPS) is 13.9. The van der Waals surface area contributed by atoms with E-state index in [1.165, 1.54) is 0 Å². The summed E-state index contributed by atoms with van der Waals surface area (Å²) in [5.74, 6) is 1.73. The highest BCUT2D eigenvalue weighted by molar-refractivity contribution is 5.41. The molecule has 0 saturated heterocycles. The Morgan fingerprint density at radius 1 is 1.14 bits per heavy atom. The maximum atomic E-state index is 11.0. The predicted molar refractivity (Wildman–Crippen MR) is 103 cm³/mol. The Labute approximate surface area is 162 Å². The number of nitro benzene ring substituents is 1. The maximum absolute atomic E-state index is 11.0. The quantitative estimate of drug-likeness (QED) is 0.484. The molecule has 2 heterocycles. The summed E-state index contributed by atoms with van der Waals surface area (Å²) in [5, 5.41) is 15.3. The first kappa shape index (κ1) is 18.1. The molecule has 1 aliphatic rings. The highest BCUT2D eigenvalue weighted by Crippen LogP contribution is 2.24. The molecule has 144 valence electrons. The van der Waals surface area contributed by atoms with Crippen molar-refractivity contribution >= 4 is 5.69 Å². The van der Waals surface area contributed by atoms with Gasteiger partial charge in [0.1, 0.15) is 17.9 Å². The van der Waals surface area contributed by atoms with E-state index in [-0.39, 0.29) is 10.6 Å². The fourth-order valence-corrected chi connectivity index (χ4v) is 3.49. The van der Waals surface area contributed by atoms with Crippen molar-refractivity contribution in [2.45, 2.75) is 26.1 Å². The summed E-state index contributed by atoms with van der Waals surface area (Å²) >= 11 is 0. The minimum Gasteiger partial charge on any atom is -0.497 e. The number of hydrogen-bond acceptors (Lipinski definition) is 6. The van der Waals surface area contributed by atoms with Crippen molar-refractivity contribution in [3.8, 4) is 5.75 Å². The van der Waals surface area contributed by atoms with Crippen LogP contribution in [0.15, 0.2) is 48.8 Å². The van der Waals surface area contributed by atoms with E-state index < -0.39 is 0 Å². The molecule has 0 amide bonds. The largest absolute Gasteiger partial charge is 0.497 e. The van der Waals surface area contributed by atoms with Crippen LogP contribution in [-0.2, 0) is 26.1 Å². The van der Waals surface area contributed by atoms with E-state index in [2.05, 4.69) is 15.0 Å². The first-order chi connectivity index (χ1) is 13.6. The summed E-state index contributed by atoms with van der Waals surface area (Å²) in [4.78, 5) is 17.3. The smallest absolute Gasteiger partial charge is 0.269 e. The maximum Gasteiger partial charge on any atom is 0.269 e. The summed E-state index contributed by atoms with van der Waals surface area (Å²) in [6.07, 6.45) is 2.38.